The Labute approximate surface area is 193 Å². The van der Waals surface area contributed by atoms with Gasteiger partial charge in [-0.25, -0.2) is 18.1 Å². The van der Waals surface area contributed by atoms with Gasteiger partial charge in [-0.3, -0.25) is 10.2 Å². The van der Waals surface area contributed by atoms with Crippen LogP contribution in [0.2, 0.25) is 0 Å². The minimum atomic E-state index is -3.73. The molecule has 1 N–H and O–H groups in total. The van der Waals surface area contributed by atoms with Gasteiger partial charge in [0.2, 0.25) is 20.2 Å². The van der Waals surface area contributed by atoms with Crippen LogP contribution in [-0.2, 0) is 19.4 Å². The Kier molecular flexibility index (Phi) is 6.04. The summed E-state index contributed by atoms with van der Waals surface area (Å²) in [6.45, 7) is 3.44. The number of aliphatic imine (C=N–C) groups is 1. The standard InChI is InChI=1S/C21H18N4O6S2/c1-3-30-19(27)13-7-5-6-12(10-13)16-9-8-14(31-16)11-15-17(22)25-20(23-18(15)26)32-24-21(25)33(28,29)4-2/h5-11,22H,3-4H2,1-2H3. The van der Waals surface area contributed by atoms with Gasteiger partial charge in [0.15, 0.2) is 0 Å². The zero-order chi connectivity index (χ0) is 23.8. The van der Waals surface area contributed by atoms with Gasteiger partial charge in [-0.1, -0.05) is 19.1 Å². The molecule has 0 spiro atoms. The number of hydrogen-bond donors (Lipinski definition) is 1. The van der Waals surface area contributed by atoms with E-state index in [1.54, 1.807) is 43.3 Å². The molecule has 1 amide bonds. The fourth-order valence-electron chi connectivity index (χ4n) is 3.07. The van der Waals surface area contributed by atoms with E-state index in [2.05, 4.69) is 9.39 Å². The third-order valence-electron chi connectivity index (χ3n) is 4.72. The lowest BCUT2D eigenvalue weighted by molar-refractivity contribution is -0.114. The molecule has 0 fully saturated rings. The lowest BCUT2D eigenvalue weighted by atomic mass is 10.1. The summed E-state index contributed by atoms with van der Waals surface area (Å²) in [7, 11) is -3.73. The predicted octanol–water partition coefficient (Wildman–Crippen LogP) is 3.13. The second-order valence-corrected chi connectivity index (χ2v) is 9.72. The molecule has 0 radical (unpaired) electrons. The third-order valence-corrected chi connectivity index (χ3v) is 7.13. The first-order chi connectivity index (χ1) is 15.7. The van der Waals surface area contributed by atoms with Crippen LogP contribution in [0, 0.1) is 5.41 Å². The van der Waals surface area contributed by atoms with E-state index in [4.69, 9.17) is 14.6 Å². The van der Waals surface area contributed by atoms with E-state index < -0.39 is 21.7 Å². The molecular formula is C21H18N4O6S2. The summed E-state index contributed by atoms with van der Waals surface area (Å²) in [5.74, 6) is -1.03. The van der Waals surface area contributed by atoms with Crippen LogP contribution in [-0.4, -0.2) is 53.7 Å². The molecular weight excluding hydrogens is 468 g/mol. The van der Waals surface area contributed by atoms with Crippen molar-refractivity contribution in [1.82, 2.24) is 4.90 Å². The normalized spacial score (nSPS) is 17.2. The van der Waals surface area contributed by atoms with Crippen molar-refractivity contribution in [2.45, 2.75) is 13.8 Å². The van der Waals surface area contributed by atoms with E-state index in [0.717, 1.165) is 16.8 Å². The molecule has 1 aromatic carbocycles. The minimum absolute atomic E-state index is 0.0186. The fourth-order valence-corrected chi connectivity index (χ4v) is 5.03. The van der Waals surface area contributed by atoms with Crippen molar-refractivity contribution in [2.75, 3.05) is 12.4 Å². The lowest BCUT2D eigenvalue weighted by Crippen LogP contribution is -2.45. The van der Waals surface area contributed by atoms with Crippen molar-refractivity contribution >= 4 is 55.9 Å². The minimum Gasteiger partial charge on any atom is -0.462 e. The van der Waals surface area contributed by atoms with E-state index in [9.17, 15) is 18.0 Å². The molecule has 1 aromatic heterocycles. The average molecular weight is 487 g/mol. The topological polar surface area (TPSA) is 142 Å². The van der Waals surface area contributed by atoms with E-state index in [1.165, 1.54) is 13.0 Å². The van der Waals surface area contributed by atoms with Gasteiger partial charge < -0.3 is 9.15 Å². The van der Waals surface area contributed by atoms with Gasteiger partial charge in [-0.15, -0.1) is 0 Å². The van der Waals surface area contributed by atoms with Crippen LogP contribution in [0.5, 0.6) is 0 Å². The molecule has 2 aliphatic rings. The monoisotopic (exact) mass is 486 g/mol. The number of nitrogens with one attached hydrogen (secondary N) is 1. The second-order valence-electron chi connectivity index (χ2n) is 6.81. The molecule has 0 atom stereocenters. The van der Waals surface area contributed by atoms with E-state index in [0.29, 0.717) is 16.9 Å². The Morgan fingerprint density at radius 3 is 2.79 bits per heavy atom. The Bertz CT molecular complexity index is 1370. The summed E-state index contributed by atoms with van der Waals surface area (Å²) >= 11 is 0.736. The Balaban J connectivity index is 1.64. The maximum Gasteiger partial charge on any atom is 0.338 e. The largest absolute Gasteiger partial charge is 0.462 e. The highest BCUT2D eigenvalue weighted by Crippen LogP contribution is 2.31. The van der Waals surface area contributed by atoms with Crippen molar-refractivity contribution < 1.29 is 27.2 Å². The highest BCUT2D eigenvalue weighted by atomic mass is 32.2. The summed E-state index contributed by atoms with van der Waals surface area (Å²) in [6, 6.07) is 9.94. The molecule has 10 nitrogen and oxygen atoms in total. The van der Waals surface area contributed by atoms with Crippen molar-refractivity contribution in [1.29, 1.82) is 5.41 Å². The zero-order valence-corrected chi connectivity index (χ0v) is 19.2. The maximum atomic E-state index is 12.5. The highest BCUT2D eigenvalue weighted by molar-refractivity contribution is 8.16. The first-order valence-corrected chi connectivity index (χ1v) is 12.3. The second kappa shape index (κ2) is 8.79. The van der Waals surface area contributed by atoms with Crippen LogP contribution in [0.25, 0.3) is 17.4 Å². The number of nitrogens with zero attached hydrogens (tertiary/aromatic N) is 3. The smallest absolute Gasteiger partial charge is 0.338 e. The van der Waals surface area contributed by atoms with Crippen LogP contribution in [0.3, 0.4) is 0 Å². The van der Waals surface area contributed by atoms with Crippen molar-refractivity contribution in [3.05, 3.63) is 53.3 Å². The number of sulfone groups is 1. The summed E-state index contributed by atoms with van der Waals surface area (Å²) in [5, 5.41) is 8.12. The maximum absolute atomic E-state index is 12.5. The van der Waals surface area contributed by atoms with Gasteiger partial charge in [0.1, 0.15) is 17.4 Å². The number of ether oxygens (including phenoxy) is 1. The number of benzene rings is 1. The molecule has 3 heterocycles. The molecule has 0 bridgehead atoms. The van der Waals surface area contributed by atoms with Gasteiger partial charge in [0.25, 0.3) is 5.91 Å². The number of hydrogen-bond acceptors (Lipinski definition) is 9. The molecule has 12 heteroatoms. The van der Waals surface area contributed by atoms with Crippen LogP contribution >= 0.6 is 11.9 Å². The van der Waals surface area contributed by atoms with E-state index in [1.807, 2.05) is 0 Å². The first-order valence-electron chi connectivity index (χ1n) is 9.84. The number of fused-ring (bicyclic) bond motifs is 1. The van der Waals surface area contributed by atoms with Gasteiger partial charge in [-0.05, 0) is 37.3 Å². The predicted molar refractivity (Wildman–Crippen MR) is 125 cm³/mol. The van der Waals surface area contributed by atoms with Crippen LogP contribution in [0.4, 0.5) is 0 Å². The van der Waals surface area contributed by atoms with Crippen molar-refractivity contribution in [2.24, 2.45) is 9.39 Å². The van der Waals surface area contributed by atoms with Gasteiger partial charge in [0.05, 0.1) is 35.4 Å². The Morgan fingerprint density at radius 2 is 2.06 bits per heavy atom. The molecule has 0 unspecified atom stereocenters. The summed E-state index contributed by atoms with van der Waals surface area (Å²) in [4.78, 5) is 29.4. The molecule has 4 rings (SSSR count). The summed E-state index contributed by atoms with van der Waals surface area (Å²) < 4.78 is 39.4. The van der Waals surface area contributed by atoms with Crippen LogP contribution in [0.1, 0.15) is 30.0 Å². The summed E-state index contributed by atoms with van der Waals surface area (Å²) in [6.07, 6.45) is 1.32. The Morgan fingerprint density at radius 1 is 1.27 bits per heavy atom. The number of carbonyl (C=O) groups excluding carboxylic acids is 2. The first kappa shape index (κ1) is 22.7. The van der Waals surface area contributed by atoms with Gasteiger partial charge in [0, 0.05) is 5.56 Å². The number of rotatable bonds is 5. The molecule has 0 saturated heterocycles. The Hall–Kier alpha value is -3.51. The average Bonchev–Trinajstić information content (AvgIpc) is 3.44. The molecule has 0 saturated carbocycles. The van der Waals surface area contributed by atoms with Gasteiger partial charge in [-0.2, -0.15) is 9.39 Å². The van der Waals surface area contributed by atoms with Gasteiger partial charge >= 0.3 is 5.97 Å². The molecule has 2 aliphatic heterocycles. The van der Waals surface area contributed by atoms with Crippen molar-refractivity contribution in [3.8, 4) is 11.3 Å². The highest BCUT2D eigenvalue weighted by Gasteiger charge is 2.42. The third kappa shape index (κ3) is 4.26. The summed E-state index contributed by atoms with van der Waals surface area (Å²) in [5.41, 5.74) is 0.851. The number of furan rings is 1. The zero-order valence-electron chi connectivity index (χ0n) is 17.6. The molecule has 33 heavy (non-hydrogen) atoms. The van der Waals surface area contributed by atoms with Crippen LogP contribution < -0.4 is 0 Å². The number of carbonyl (C=O) groups is 2. The number of amides is 1. The lowest BCUT2D eigenvalue weighted by Gasteiger charge is -2.24. The number of amidine groups is 3. The molecule has 2 aromatic rings. The van der Waals surface area contributed by atoms with E-state index in [-0.39, 0.29) is 39.9 Å². The van der Waals surface area contributed by atoms with Crippen molar-refractivity contribution in [3.63, 3.8) is 0 Å². The fraction of sp³-hybridized carbons (Fsp3) is 0.190. The molecule has 170 valence electrons. The molecule has 0 aliphatic carbocycles. The van der Waals surface area contributed by atoms with Crippen LogP contribution in [0.15, 0.2) is 55.8 Å². The van der Waals surface area contributed by atoms with E-state index >= 15 is 0 Å². The SMILES string of the molecule is CCOC(=O)c1cccc(-c2ccc(C=C3C(=N)N4C(=NC3=O)SN=C4S(=O)(=O)CC)o2)c1. The quantitative estimate of drug-likeness (QED) is 0.386. The number of esters is 1.